The largest absolute Gasteiger partial charge is 0.507 e. The van der Waals surface area contributed by atoms with Crippen LogP contribution >= 0.6 is 0 Å². The van der Waals surface area contributed by atoms with Crippen LogP contribution in [0.25, 0.3) is 5.76 Å². The number of nitrogens with zero attached hydrogens (tertiary/aromatic N) is 2. The van der Waals surface area contributed by atoms with Gasteiger partial charge in [-0.15, -0.1) is 0 Å². The number of aliphatic hydroxyl groups excluding tert-OH is 1. The summed E-state index contributed by atoms with van der Waals surface area (Å²) in [5, 5.41) is 11.4. The SMILES string of the molecule is C=CCOc1ccc(/C(O)=C2\C(=O)C(=O)N(Cc3cccnc3)C2c2cc(OC)c(OC)c(OC)c2)cc1. The van der Waals surface area contributed by atoms with Crippen LogP contribution in [0.15, 0.2) is 79.2 Å². The summed E-state index contributed by atoms with van der Waals surface area (Å²) in [6, 6.07) is 12.5. The van der Waals surface area contributed by atoms with Gasteiger partial charge in [-0.2, -0.15) is 0 Å². The number of pyridine rings is 1. The number of likely N-dealkylation sites (tertiary alicyclic amines) is 1. The Labute approximate surface area is 220 Å². The Morgan fingerprint density at radius 1 is 1.05 bits per heavy atom. The van der Waals surface area contributed by atoms with E-state index in [9.17, 15) is 14.7 Å². The number of ether oxygens (including phenoxy) is 4. The molecule has 1 unspecified atom stereocenters. The van der Waals surface area contributed by atoms with Crippen LogP contribution in [0.3, 0.4) is 0 Å². The molecule has 1 amide bonds. The first kappa shape index (κ1) is 26.3. The number of Topliss-reactive ketones (excluding diaryl/α,β-unsaturated/α-hetero) is 1. The van der Waals surface area contributed by atoms with Gasteiger partial charge < -0.3 is 29.0 Å². The minimum Gasteiger partial charge on any atom is -0.507 e. The maximum absolute atomic E-state index is 13.4. The highest BCUT2D eigenvalue weighted by atomic mass is 16.5. The summed E-state index contributed by atoms with van der Waals surface area (Å²) in [6.07, 6.45) is 4.86. The molecule has 0 bridgehead atoms. The van der Waals surface area contributed by atoms with Crippen molar-refractivity contribution >= 4 is 17.4 Å². The van der Waals surface area contributed by atoms with Gasteiger partial charge in [0.05, 0.1) is 32.9 Å². The van der Waals surface area contributed by atoms with Crippen LogP contribution in [0.1, 0.15) is 22.7 Å². The van der Waals surface area contributed by atoms with Crippen LogP contribution in [0.5, 0.6) is 23.0 Å². The molecule has 0 spiro atoms. The van der Waals surface area contributed by atoms with Crippen molar-refractivity contribution in [1.29, 1.82) is 0 Å². The molecular weight excluding hydrogens is 488 g/mol. The van der Waals surface area contributed by atoms with Crippen molar-refractivity contribution in [3.05, 3.63) is 95.8 Å². The quantitative estimate of drug-likeness (QED) is 0.184. The molecule has 1 N–H and O–H groups in total. The summed E-state index contributed by atoms with van der Waals surface area (Å²) in [5.74, 6) is -0.254. The molecular formula is C29H28N2O7. The molecule has 0 aliphatic carbocycles. The van der Waals surface area contributed by atoms with Crippen LogP contribution in [-0.4, -0.2) is 54.6 Å². The molecule has 38 heavy (non-hydrogen) atoms. The molecule has 1 aliphatic rings. The van der Waals surface area contributed by atoms with Crippen LogP contribution < -0.4 is 18.9 Å². The molecule has 4 rings (SSSR count). The standard InChI is InChI=1S/C29H28N2O7/c1-5-13-38-21-10-8-19(9-11-21)26(32)24-25(20-14-22(35-2)28(37-4)23(15-20)36-3)31(29(34)27(24)33)17-18-7-6-12-30-16-18/h5-12,14-16,25,32H,1,13,17H2,2-4H3/b26-24+. The summed E-state index contributed by atoms with van der Waals surface area (Å²) >= 11 is 0. The minimum absolute atomic E-state index is 0.0621. The lowest BCUT2D eigenvalue weighted by Gasteiger charge is -2.26. The normalized spacial score (nSPS) is 16.3. The molecule has 1 aromatic heterocycles. The number of ketones is 1. The third-order valence-corrected chi connectivity index (χ3v) is 6.11. The first-order valence-corrected chi connectivity index (χ1v) is 11.7. The van der Waals surface area contributed by atoms with Crippen molar-refractivity contribution < 1.29 is 33.6 Å². The zero-order valence-corrected chi connectivity index (χ0v) is 21.3. The summed E-state index contributed by atoms with van der Waals surface area (Å²) in [5.41, 5.74) is 1.51. The van der Waals surface area contributed by atoms with Crippen LogP contribution in [0, 0.1) is 0 Å². The summed E-state index contributed by atoms with van der Waals surface area (Å²) in [6.45, 7) is 4.04. The molecule has 196 valence electrons. The number of aliphatic hydroxyl groups is 1. The average Bonchev–Trinajstić information content (AvgIpc) is 3.20. The minimum atomic E-state index is -0.944. The number of carbonyl (C=O) groups excluding carboxylic acids is 2. The van der Waals surface area contributed by atoms with Gasteiger partial charge in [-0.3, -0.25) is 14.6 Å². The second-order valence-electron chi connectivity index (χ2n) is 8.37. The third-order valence-electron chi connectivity index (χ3n) is 6.11. The number of benzene rings is 2. The van der Waals surface area contributed by atoms with Crippen molar-refractivity contribution in [3.63, 3.8) is 0 Å². The van der Waals surface area contributed by atoms with Crippen molar-refractivity contribution in [1.82, 2.24) is 9.88 Å². The van der Waals surface area contributed by atoms with E-state index in [-0.39, 0.29) is 17.9 Å². The van der Waals surface area contributed by atoms with Gasteiger partial charge in [0.15, 0.2) is 11.5 Å². The number of rotatable bonds is 10. The number of amides is 1. The molecule has 9 heteroatoms. The average molecular weight is 517 g/mol. The second kappa shape index (κ2) is 11.5. The highest BCUT2D eigenvalue weighted by molar-refractivity contribution is 6.46. The van der Waals surface area contributed by atoms with E-state index in [1.165, 1.54) is 26.2 Å². The van der Waals surface area contributed by atoms with E-state index in [0.717, 1.165) is 5.56 Å². The molecule has 1 fully saturated rings. The summed E-state index contributed by atoms with van der Waals surface area (Å²) in [4.78, 5) is 32.2. The van der Waals surface area contributed by atoms with Crippen molar-refractivity contribution in [2.75, 3.05) is 27.9 Å². The predicted octanol–water partition coefficient (Wildman–Crippen LogP) is 4.29. The fraction of sp³-hybridized carbons (Fsp3) is 0.207. The van der Waals surface area contributed by atoms with Crippen molar-refractivity contribution in [3.8, 4) is 23.0 Å². The van der Waals surface area contributed by atoms with Gasteiger partial charge in [-0.1, -0.05) is 18.7 Å². The van der Waals surface area contributed by atoms with Gasteiger partial charge in [0.25, 0.3) is 11.7 Å². The van der Waals surface area contributed by atoms with E-state index < -0.39 is 17.7 Å². The predicted molar refractivity (Wildman–Crippen MR) is 140 cm³/mol. The molecule has 0 radical (unpaired) electrons. The van der Waals surface area contributed by atoms with E-state index >= 15 is 0 Å². The van der Waals surface area contributed by atoms with Gasteiger partial charge >= 0.3 is 0 Å². The van der Waals surface area contributed by atoms with Crippen molar-refractivity contribution in [2.24, 2.45) is 0 Å². The van der Waals surface area contributed by atoms with Crippen LogP contribution in [0.4, 0.5) is 0 Å². The second-order valence-corrected chi connectivity index (χ2v) is 8.37. The van der Waals surface area contributed by atoms with Crippen LogP contribution in [-0.2, 0) is 16.1 Å². The Kier molecular flexibility index (Phi) is 7.96. The Morgan fingerprint density at radius 2 is 1.74 bits per heavy atom. The maximum Gasteiger partial charge on any atom is 0.295 e. The smallest absolute Gasteiger partial charge is 0.295 e. The first-order valence-electron chi connectivity index (χ1n) is 11.7. The summed E-state index contributed by atoms with van der Waals surface area (Å²) in [7, 11) is 4.43. The lowest BCUT2D eigenvalue weighted by Crippen LogP contribution is -2.29. The van der Waals surface area contributed by atoms with Crippen molar-refractivity contribution in [2.45, 2.75) is 12.6 Å². The Bertz CT molecular complexity index is 1340. The number of hydrogen-bond donors (Lipinski definition) is 1. The number of carbonyl (C=O) groups is 2. The zero-order chi connectivity index (χ0) is 27.2. The fourth-order valence-corrected chi connectivity index (χ4v) is 4.36. The van der Waals surface area contributed by atoms with Gasteiger partial charge in [0.1, 0.15) is 18.1 Å². The lowest BCUT2D eigenvalue weighted by molar-refractivity contribution is -0.140. The van der Waals surface area contributed by atoms with Gasteiger partial charge in [0, 0.05) is 24.5 Å². The van der Waals surface area contributed by atoms with Gasteiger partial charge in [-0.25, -0.2) is 0 Å². The van der Waals surface area contributed by atoms with Gasteiger partial charge in [-0.05, 0) is 53.6 Å². The summed E-state index contributed by atoms with van der Waals surface area (Å²) < 4.78 is 22.0. The zero-order valence-electron chi connectivity index (χ0n) is 21.3. The highest BCUT2D eigenvalue weighted by Crippen LogP contribution is 2.46. The fourth-order valence-electron chi connectivity index (χ4n) is 4.36. The molecule has 1 aliphatic heterocycles. The van der Waals surface area contributed by atoms with E-state index in [1.54, 1.807) is 67.0 Å². The Morgan fingerprint density at radius 3 is 2.29 bits per heavy atom. The molecule has 0 saturated carbocycles. The molecule has 1 saturated heterocycles. The number of hydrogen-bond acceptors (Lipinski definition) is 8. The third kappa shape index (κ3) is 5.04. The van der Waals surface area contributed by atoms with Gasteiger partial charge in [0.2, 0.25) is 5.75 Å². The van der Waals surface area contributed by atoms with E-state index in [4.69, 9.17) is 18.9 Å². The molecule has 2 aromatic carbocycles. The molecule has 1 atom stereocenters. The molecule has 9 nitrogen and oxygen atoms in total. The van der Waals surface area contributed by atoms with E-state index in [1.807, 2.05) is 0 Å². The Balaban J connectivity index is 1.88. The number of methoxy groups -OCH3 is 3. The highest BCUT2D eigenvalue weighted by Gasteiger charge is 2.46. The van der Waals surface area contributed by atoms with E-state index in [2.05, 4.69) is 11.6 Å². The molecule has 2 heterocycles. The number of aromatic nitrogens is 1. The van der Waals surface area contributed by atoms with E-state index in [0.29, 0.717) is 40.7 Å². The monoisotopic (exact) mass is 516 g/mol. The maximum atomic E-state index is 13.4. The molecule has 3 aromatic rings. The first-order chi connectivity index (χ1) is 18.4. The van der Waals surface area contributed by atoms with Crippen LogP contribution in [0.2, 0.25) is 0 Å². The Hall–Kier alpha value is -4.79. The lowest BCUT2D eigenvalue weighted by atomic mass is 9.94. The topological polar surface area (TPSA) is 107 Å².